The third kappa shape index (κ3) is 4.49. The van der Waals surface area contributed by atoms with Gasteiger partial charge >= 0.3 is 5.97 Å². The van der Waals surface area contributed by atoms with Gasteiger partial charge in [-0.1, -0.05) is 18.2 Å². The van der Waals surface area contributed by atoms with E-state index in [1.54, 1.807) is 30.3 Å². The number of hydrogen-bond donors (Lipinski definition) is 2. The van der Waals surface area contributed by atoms with Crippen LogP contribution in [-0.4, -0.2) is 11.1 Å². The Morgan fingerprint density at radius 3 is 2.43 bits per heavy atom. The lowest BCUT2D eigenvalue weighted by Crippen LogP contribution is -2.01. The molecular formula is C16H16FNO3. The highest BCUT2D eigenvalue weighted by Gasteiger charge is 2.05. The van der Waals surface area contributed by atoms with Gasteiger partial charge in [0.25, 0.3) is 0 Å². The van der Waals surface area contributed by atoms with E-state index in [2.05, 4.69) is 0 Å². The molecule has 110 valence electrons. The zero-order valence-electron chi connectivity index (χ0n) is 11.4. The quantitative estimate of drug-likeness (QED) is 0.802. The van der Waals surface area contributed by atoms with Gasteiger partial charge in [-0.3, -0.25) is 4.79 Å². The van der Waals surface area contributed by atoms with Gasteiger partial charge in [-0.25, -0.2) is 4.39 Å². The average molecular weight is 289 g/mol. The Balaban J connectivity index is 1.97. The summed E-state index contributed by atoms with van der Waals surface area (Å²) in [6.07, 6.45) is 0.493. The molecule has 2 rings (SSSR count). The third-order valence-electron chi connectivity index (χ3n) is 3.01. The standard InChI is InChI=1S/C16H16FNO3/c17-13-5-1-12(2-6-13)10-21-15-7-3-11(9-14(15)18)4-8-16(19)20/h1-3,5-7,9H,4,8,10,18H2,(H,19,20). The van der Waals surface area contributed by atoms with Crippen molar-refractivity contribution >= 4 is 11.7 Å². The van der Waals surface area contributed by atoms with Gasteiger partial charge in [0.1, 0.15) is 18.2 Å². The van der Waals surface area contributed by atoms with Crippen LogP contribution in [0.4, 0.5) is 10.1 Å². The number of aryl methyl sites for hydroxylation is 1. The molecule has 0 aliphatic rings. The van der Waals surface area contributed by atoms with E-state index in [9.17, 15) is 9.18 Å². The van der Waals surface area contributed by atoms with Crippen LogP contribution >= 0.6 is 0 Å². The summed E-state index contributed by atoms with van der Waals surface area (Å²) in [5.41, 5.74) is 8.03. The number of nitrogen functional groups attached to an aromatic ring is 1. The highest BCUT2D eigenvalue weighted by Crippen LogP contribution is 2.24. The number of aliphatic carboxylic acids is 1. The molecule has 21 heavy (non-hydrogen) atoms. The molecule has 0 aliphatic heterocycles. The molecule has 4 nitrogen and oxygen atoms in total. The Morgan fingerprint density at radius 1 is 1.14 bits per heavy atom. The van der Waals surface area contributed by atoms with E-state index >= 15 is 0 Å². The molecule has 0 heterocycles. The average Bonchev–Trinajstić information content (AvgIpc) is 2.46. The third-order valence-corrected chi connectivity index (χ3v) is 3.01. The second-order valence-electron chi connectivity index (χ2n) is 4.68. The number of rotatable bonds is 6. The van der Waals surface area contributed by atoms with E-state index in [1.807, 2.05) is 0 Å². The van der Waals surface area contributed by atoms with Crippen molar-refractivity contribution in [1.82, 2.24) is 0 Å². The Kier molecular flexibility index (Phi) is 4.77. The van der Waals surface area contributed by atoms with Crippen LogP contribution < -0.4 is 10.5 Å². The number of carboxylic acids is 1. The molecule has 0 atom stereocenters. The summed E-state index contributed by atoms with van der Waals surface area (Å²) in [6, 6.07) is 11.3. The van der Waals surface area contributed by atoms with Gasteiger partial charge in [0.05, 0.1) is 5.69 Å². The molecule has 0 radical (unpaired) electrons. The Bertz CT molecular complexity index is 626. The van der Waals surface area contributed by atoms with Gasteiger partial charge in [0.2, 0.25) is 0 Å². The predicted octanol–water partition coefficient (Wildman–Crippen LogP) is 3.00. The lowest BCUT2D eigenvalue weighted by molar-refractivity contribution is -0.136. The van der Waals surface area contributed by atoms with Crippen LogP contribution in [0.2, 0.25) is 0 Å². The molecule has 0 amide bonds. The molecule has 0 saturated heterocycles. The van der Waals surface area contributed by atoms with Crippen molar-refractivity contribution in [3.8, 4) is 5.75 Å². The van der Waals surface area contributed by atoms with Crippen LogP contribution in [0.1, 0.15) is 17.5 Å². The van der Waals surface area contributed by atoms with Crippen molar-refractivity contribution in [3.05, 3.63) is 59.4 Å². The van der Waals surface area contributed by atoms with E-state index in [-0.39, 0.29) is 12.2 Å². The maximum Gasteiger partial charge on any atom is 0.303 e. The number of carboxylic acid groups (broad SMARTS) is 1. The van der Waals surface area contributed by atoms with Gasteiger partial charge in [-0.05, 0) is 41.8 Å². The minimum Gasteiger partial charge on any atom is -0.487 e. The monoisotopic (exact) mass is 289 g/mol. The first-order chi connectivity index (χ1) is 10.0. The second-order valence-corrected chi connectivity index (χ2v) is 4.68. The van der Waals surface area contributed by atoms with Gasteiger partial charge < -0.3 is 15.6 Å². The summed E-state index contributed by atoms with van der Waals surface area (Å²) in [6.45, 7) is 0.291. The second kappa shape index (κ2) is 6.74. The molecule has 0 bridgehead atoms. The van der Waals surface area contributed by atoms with Gasteiger partial charge in [-0.15, -0.1) is 0 Å². The molecule has 2 aromatic rings. The molecule has 0 unspecified atom stereocenters. The van der Waals surface area contributed by atoms with Crippen LogP contribution in [0.3, 0.4) is 0 Å². The van der Waals surface area contributed by atoms with Crippen LogP contribution in [0.5, 0.6) is 5.75 Å². The summed E-state index contributed by atoms with van der Waals surface area (Å²) >= 11 is 0. The summed E-state index contributed by atoms with van der Waals surface area (Å²) in [5.74, 6) is -0.607. The first kappa shape index (κ1) is 14.8. The minimum absolute atomic E-state index is 0.0647. The van der Waals surface area contributed by atoms with Crippen molar-refractivity contribution < 1.29 is 19.0 Å². The predicted molar refractivity (Wildman–Crippen MR) is 77.5 cm³/mol. The number of ether oxygens (including phenoxy) is 1. The maximum atomic E-state index is 12.8. The molecule has 0 spiro atoms. The smallest absolute Gasteiger partial charge is 0.303 e. The van der Waals surface area contributed by atoms with E-state index < -0.39 is 5.97 Å². The van der Waals surface area contributed by atoms with E-state index in [1.165, 1.54) is 12.1 Å². The fourth-order valence-electron chi connectivity index (χ4n) is 1.88. The number of anilines is 1. The van der Waals surface area contributed by atoms with Crippen molar-refractivity contribution in [2.45, 2.75) is 19.4 Å². The van der Waals surface area contributed by atoms with Gasteiger partial charge in [0, 0.05) is 6.42 Å². The minimum atomic E-state index is -0.842. The van der Waals surface area contributed by atoms with Crippen molar-refractivity contribution in [2.24, 2.45) is 0 Å². The molecule has 3 N–H and O–H groups in total. The number of hydrogen-bond acceptors (Lipinski definition) is 3. The normalized spacial score (nSPS) is 10.3. The molecule has 2 aromatic carbocycles. The lowest BCUT2D eigenvalue weighted by atomic mass is 10.1. The summed E-state index contributed by atoms with van der Waals surface area (Å²) in [7, 11) is 0. The molecule has 0 fully saturated rings. The molecule has 5 heteroatoms. The van der Waals surface area contributed by atoms with E-state index in [4.69, 9.17) is 15.6 Å². The van der Waals surface area contributed by atoms with E-state index in [0.29, 0.717) is 24.5 Å². The summed E-state index contributed by atoms with van der Waals surface area (Å²) < 4.78 is 18.4. The fourth-order valence-corrected chi connectivity index (χ4v) is 1.88. The van der Waals surface area contributed by atoms with Crippen LogP contribution in [-0.2, 0) is 17.8 Å². The largest absolute Gasteiger partial charge is 0.487 e. The SMILES string of the molecule is Nc1cc(CCC(=O)O)ccc1OCc1ccc(F)cc1. The van der Waals surface area contributed by atoms with Crippen molar-refractivity contribution in [1.29, 1.82) is 0 Å². The molecule has 0 aromatic heterocycles. The Morgan fingerprint density at radius 2 is 1.81 bits per heavy atom. The van der Waals surface area contributed by atoms with Crippen molar-refractivity contribution in [3.63, 3.8) is 0 Å². The highest BCUT2D eigenvalue weighted by atomic mass is 19.1. The van der Waals surface area contributed by atoms with Gasteiger partial charge in [0.15, 0.2) is 0 Å². The van der Waals surface area contributed by atoms with Crippen molar-refractivity contribution in [2.75, 3.05) is 5.73 Å². The maximum absolute atomic E-state index is 12.8. The molecular weight excluding hydrogens is 273 g/mol. The Labute approximate surface area is 122 Å². The van der Waals surface area contributed by atoms with Crippen LogP contribution in [0.25, 0.3) is 0 Å². The van der Waals surface area contributed by atoms with Gasteiger partial charge in [-0.2, -0.15) is 0 Å². The fraction of sp³-hybridized carbons (Fsp3) is 0.188. The first-order valence-electron chi connectivity index (χ1n) is 6.52. The van der Waals surface area contributed by atoms with Crippen LogP contribution in [0.15, 0.2) is 42.5 Å². The highest BCUT2D eigenvalue weighted by molar-refractivity contribution is 5.67. The Hall–Kier alpha value is -2.56. The summed E-state index contributed by atoms with van der Waals surface area (Å²) in [5, 5.41) is 8.65. The number of carbonyl (C=O) groups is 1. The summed E-state index contributed by atoms with van der Waals surface area (Å²) in [4.78, 5) is 10.5. The van der Waals surface area contributed by atoms with E-state index in [0.717, 1.165) is 11.1 Å². The zero-order chi connectivity index (χ0) is 15.2. The number of benzene rings is 2. The van der Waals surface area contributed by atoms with Crippen LogP contribution in [0, 0.1) is 5.82 Å². The molecule has 0 saturated carbocycles. The lowest BCUT2D eigenvalue weighted by Gasteiger charge is -2.10. The number of halogens is 1. The topological polar surface area (TPSA) is 72.6 Å². The number of nitrogens with two attached hydrogens (primary N) is 1. The first-order valence-corrected chi connectivity index (χ1v) is 6.52. The zero-order valence-corrected chi connectivity index (χ0v) is 11.4. The molecule has 0 aliphatic carbocycles.